The van der Waals surface area contributed by atoms with E-state index in [-0.39, 0.29) is 0 Å². The summed E-state index contributed by atoms with van der Waals surface area (Å²) in [4.78, 5) is 11.2. The van der Waals surface area contributed by atoms with Gasteiger partial charge in [0.25, 0.3) is 0 Å². The number of aromatic amines is 1. The van der Waals surface area contributed by atoms with Crippen LogP contribution >= 0.6 is 0 Å². The molecule has 0 bridgehead atoms. The third kappa shape index (κ3) is 4.13. The zero-order valence-corrected chi connectivity index (χ0v) is 6.65. The van der Waals surface area contributed by atoms with Gasteiger partial charge in [0.2, 0.25) is 6.33 Å². The minimum atomic E-state index is -0.500. The van der Waals surface area contributed by atoms with Crippen molar-refractivity contribution in [1.29, 1.82) is 0 Å². The molecule has 0 spiro atoms. The zero-order chi connectivity index (χ0) is 8.69. The third-order valence-electron chi connectivity index (χ3n) is 1.16. The van der Waals surface area contributed by atoms with Crippen LogP contribution in [0.25, 0.3) is 0 Å². The summed E-state index contributed by atoms with van der Waals surface area (Å²) < 4.78 is 2.11. The largest absolute Gasteiger partial charge is 0.554 e. The molecule has 0 fully saturated rings. The lowest BCUT2D eigenvalue weighted by Gasteiger charge is -1.94. The summed E-state index contributed by atoms with van der Waals surface area (Å²) in [5.41, 5.74) is 0. The molecule has 0 atom stereocenters. The fraction of sp³-hybridized carbons (Fsp3) is 0.429. The Morgan fingerprint density at radius 1 is 1.64 bits per heavy atom. The number of nitrogens with zero attached hydrogens (tertiary/aromatic N) is 1. The van der Waals surface area contributed by atoms with Gasteiger partial charge >= 0.3 is 0 Å². The minimum absolute atomic E-state index is 0.500. The first-order chi connectivity index (χ1) is 5.22. The van der Waals surface area contributed by atoms with Crippen molar-refractivity contribution in [2.75, 3.05) is 0 Å². The number of hydrogen-bond acceptors (Lipinski definition) is 2. The molecule has 0 saturated carbocycles. The maximum atomic E-state index is 8.25. The fourth-order valence-corrected chi connectivity index (χ4v) is 0.622. The molecule has 0 aliphatic rings. The van der Waals surface area contributed by atoms with Crippen LogP contribution in [0, 0.1) is 0 Å². The smallest absolute Gasteiger partial charge is 0.241 e. The van der Waals surface area contributed by atoms with Crippen molar-refractivity contribution < 1.29 is 14.5 Å². The number of carbonyl (C=O) groups is 1. The van der Waals surface area contributed by atoms with Gasteiger partial charge in [0.15, 0.2) is 0 Å². The van der Waals surface area contributed by atoms with E-state index in [1.165, 1.54) is 0 Å². The maximum absolute atomic E-state index is 8.25. The van der Waals surface area contributed by atoms with Crippen LogP contribution < -0.4 is 9.67 Å². The highest BCUT2D eigenvalue weighted by atomic mass is 16.3. The summed E-state index contributed by atoms with van der Waals surface area (Å²) >= 11 is 0. The first kappa shape index (κ1) is 9.68. The van der Waals surface area contributed by atoms with Gasteiger partial charge in [-0.15, -0.1) is 0 Å². The molecule has 0 aliphatic heterocycles. The van der Waals surface area contributed by atoms with Crippen LogP contribution in [0.2, 0.25) is 0 Å². The summed E-state index contributed by atoms with van der Waals surface area (Å²) in [5.74, 6) is 0. The van der Waals surface area contributed by atoms with Gasteiger partial charge in [-0.3, -0.25) is 4.98 Å². The number of hydrogen-bond donors (Lipinski definition) is 1. The summed E-state index contributed by atoms with van der Waals surface area (Å²) in [5, 5.41) is 8.25. The maximum Gasteiger partial charge on any atom is 0.241 e. The zero-order valence-electron chi connectivity index (χ0n) is 6.65. The van der Waals surface area contributed by atoms with Crippen molar-refractivity contribution >= 4 is 6.47 Å². The Hall–Kier alpha value is -1.32. The van der Waals surface area contributed by atoms with Crippen LogP contribution in [-0.4, -0.2) is 11.5 Å². The second-order valence-electron chi connectivity index (χ2n) is 2.25. The SMILES string of the molecule is CC(C)[n+]1cc[nH]c1.O=C[O-]. The molecule has 0 unspecified atom stereocenters. The molecule has 11 heavy (non-hydrogen) atoms. The molecule has 0 saturated heterocycles. The third-order valence-corrected chi connectivity index (χ3v) is 1.16. The lowest BCUT2D eigenvalue weighted by Crippen LogP contribution is -2.32. The second kappa shape index (κ2) is 5.46. The van der Waals surface area contributed by atoms with E-state index in [1.54, 1.807) is 0 Å². The van der Waals surface area contributed by atoms with Gasteiger partial charge in [-0.25, -0.2) is 4.57 Å². The van der Waals surface area contributed by atoms with Crippen LogP contribution in [0.3, 0.4) is 0 Å². The van der Waals surface area contributed by atoms with Crippen molar-refractivity contribution in [3.63, 3.8) is 0 Å². The van der Waals surface area contributed by atoms with E-state index in [0.29, 0.717) is 6.04 Å². The number of carbonyl (C=O) groups excluding carboxylic acids is 1. The van der Waals surface area contributed by atoms with E-state index in [1.807, 2.05) is 18.7 Å². The van der Waals surface area contributed by atoms with E-state index in [0.717, 1.165) is 0 Å². The molecular weight excluding hydrogens is 144 g/mol. The van der Waals surface area contributed by atoms with Crippen molar-refractivity contribution in [1.82, 2.24) is 4.98 Å². The molecule has 4 heteroatoms. The summed E-state index contributed by atoms with van der Waals surface area (Å²) in [7, 11) is 0. The molecule has 1 aromatic rings. The second-order valence-corrected chi connectivity index (χ2v) is 2.25. The topological polar surface area (TPSA) is 59.8 Å². The summed E-state index contributed by atoms with van der Waals surface area (Å²) in [6.45, 7) is 3.79. The van der Waals surface area contributed by atoms with Crippen LogP contribution in [0.1, 0.15) is 19.9 Å². The summed E-state index contributed by atoms with van der Waals surface area (Å²) in [6.07, 6.45) is 5.88. The highest BCUT2D eigenvalue weighted by Crippen LogP contribution is 1.86. The summed E-state index contributed by atoms with van der Waals surface area (Å²) in [6, 6.07) is 0.571. The van der Waals surface area contributed by atoms with Crippen molar-refractivity contribution in [2.45, 2.75) is 19.9 Å². The quantitative estimate of drug-likeness (QED) is 0.429. The standard InChI is InChI=1S/C6H10N2.CH2O2/c1-6(2)8-4-3-7-5-8;2-1-3/h3-6H,1-2H3;1H,(H,2,3). The number of imidazole rings is 1. The lowest BCUT2D eigenvalue weighted by molar-refractivity contribution is -0.714. The van der Waals surface area contributed by atoms with E-state index < -0.39 is 6.47 Å². The number of aromatic nitrogens is 2. The molecule has 0 aromatic carbocycles. The van der Waals surface area contributed by atoms with Crippen molar-refractivity contribution in [3.8, 4) is 0 Å². The molecule has 0 amide bonds. The van der Waals surface area contributed by atoms with Crippen LogP contribution in [-0.2, 0) is 4.79 Å². The van der Waals surface area contributed by atoms with Gasteiger partial charge in [0.05, 0.1) is 6.04 Å². The average molecular weight is 156 g/mol. The monoisotopic (exact) mass is 156 g/mol. The number of nitrogens with one attached hydrogen (secondary N) is 1. The Labute approximate surface area is 65.5 Å². The highest BCUT2D eigenvalue weighted by Gasteiger charge is 1.98. The van der Waals surface area contributed by atoms with Gasteiger partial charge in [0, 0.05) is 6.47 Å². The van der Waals surface area contributed by atoms with Crippen LogP contribution in [0.15, 0.2) is 18.7 Å². The lowest BCUT2D eigenvalue weighted by atomic mass is 10.4. The van der Waals surface area contributed by atoms with Crippen LogP contribution in [0.5, 0.6) is 0 Å². The normalized spacial score (nSPS) is 8.64. The van der Waals surface area contributed by atoms with E-state index in [4.69, 9.17) is 9.90 Å². The van der Waals surface area contributed by atoms with Gasteiger partial charge < -0.3 is 9.90 Å². The highest BCUT2D eigenvalue weighted by molar-refractivity contribution is 5.29. The Kier molecular flexibility index (Phi) is 4.81. The molecule has 4 nitrogen and oxygen atoms in total. The Bertz CT molecular complexity index is 182. The molecule has 1 aromatic heterocycles. The molecule has 1 N–H and O–H groups in total. The fourth-order valence-electron chi connectivity index (χ4n) is 0.622. The number of H-pyrrole nitrogens is 1. The first-order valence-electron chi connectivity index (χ1n) is 3.31. The van der Waals surface area contributed by atoms with E-state index in [2.05, 4.69) is 23.4 Å². The molecule has 0 radical (unpaired) electrons. The predicted octanol–water partition coefficient (Wildman–Crippen LogP) is -0.751. The minimum Gasteiger partial charge on any atom is -0.554 e. The van der Waals surface area contributed by atoms with E-state index >= 15 is 0 Å². The number of carboxylic acid groups (broad SMARTS) is 1. The van der Waals surface area contributed by atoms with Gasteiger partial charge in [0.1, 0.15) is 12.4 Å². The number of rotatable bonds is 1. The van der Waals surface area contributed by atoms with Gasteiger partial charge in [-0.05, 0) is 13.8 Å². The molecular formula is C7H12N2O2. The first-order valence-corrected chi connectivity index (χ1v) is 3.31. The Balaban J connectivity index is 0.000000292. The molecule has 1 rings (SSSR count). The average Bonchev–Trinajstić information content (AvgIpc) is 2.38. The van der Waals surface area contributed by atoms with E-state index in [9.17, 15) is 0 Å². The molecule has 0 aliphatic carbocycles. The predicted molar refractivity (Wildman–Crippen MR) is 37.4 cm³/mol. The van der Waals surface area contributed by atoms with Gasteiger partial charge in [-0.2, -0.15) is 0 Å². The molecule has 1 heterocycles. The Morgan fingerprint density at radius 2 is 2.18 bits per heavy atom. The van der Waals surface area contributed by atoms with Crippen LogP contribution in [0.4, 0.5) is 0 Å². The van der Waals surface area contributed by atoms with Crippen molar-refractivity contribution in [3.05, 3.63) is 18.7 Å². The molecule has 62 valence electrons. The Morgan fingerprint density at radius 3 is 2.36 bits per heavy atom. The van der Waals surface area contributed by atoms with Gasteiger partial charge in [-0.1, -0.05) is 0 Å². The van der Waals surface area contributed by atoms with Crippen molar-refractivity contribution in [2.24, 2.45) is 0 Å².